The standard InChI is InChI=1S/C16H15FN2O/c17-15-8-12(9-18)6-7-14(15)10-19-16(11-20)13-4-2-1-3-5-13/h1-8,16,19-20H,10-11H2. The fourth-order valence-electron chi connectivity index (χ4n) is 1.97. The molecule has 0 aliphatic heterocycles. The molecule has 0 aliphatic carbocycles. The Morgan fingerprint density at radius 2 is 1.95 bits per heavy atom. The molecule has 0 amide bonds. The first-order valence-corrected chi connectivity index (χ1v) is 6.32. The summed E-state index contributed by atoms with van der Waals surface area (Å²) in [5, 5.41) is 21.2. The second-order valence-corrected chi connectivity index (χ2v) is 4.44. The molecule has 3 nitrogen and oxygen atoms in total. The van der Waals surface area contributed by atoms with E-state index in [9.17, 15) is 9.50 Å². The summed E-state index contributed by atoms with van der Waals surface area (Å²) in [6.45, 7) is 0.222. The van der Waals surface area contributed by atoms with Crippen LogP contribution in [0.5, 0.6) is 0 Å². The third-order valence-corrected chi connectivity index (χ3v) is 3.11. The minimum absolute atomic E-state index is 0.0675. The second kappa shape index (κ2) is 6.80. The molecule has 102 valence electrons. The fourth-order valence-corrected chi connectivity index (χ4v) is 1.97. The van der Waals surface area contributed by atoms with Gasteiger partial charge in [-0.2, -0.15) is 5.26 Å². The first-order chi connectivity index (χ1) is 9.74. The third-order valence-electron chi connectivity index (χ3n) is 3.11. The first-order valence-electron chi connectivity index (χ1n) is 6.32. The molecular formula is C16H15FN2O. The van der Waals surface area contributed by atoms with Gasteiger partial charge in [-0.1, -0.05) is 36.4 Å². The number of aliphatic hydroxyl groups is 1. The molecule has 0 aromatic heterocycles. The first kappa shape index (κ1) is 14.2. The van der Waals surface area contributed by atoms with Crippen molar-refractivity contribution in [1.29, 1.82) is 5.26 Å². The summed E-state index contributed by atoms with van der Waals surface area (Å²) in [6.07, 6.45) is 0. The van der Waals surface area contributed by atoms with Gasteiger partial charge in [0.15, 0.2) is 0 Å². The van der Waals surface area contributed by atoms with Crippen LogP contribution in [0.4, 0.5) is 4.39 Å². The van der Waals surface area contributed by atoms with E-state index in [1.807, 2.05) is 36.4 Å². The summed E-state index contributed by atoms with van der Waals surface area (Å²) in [4.78, 5) is 0. The van der Waals surface area contributed by atoms with Crippen molar-refractivity contribution in [2.45, 2.75) is 12.6 Å². The zero-order valence-electron chi connectivity index (χ0n) is 10.9. The van der Waals surface area contributed by atoms with E-state index in [4.69, 9.17) is 5.26 Å². The normalized spacial score (nSPS) is 11.8. The van der Waals surface area contributed by atoms with Gasteiger partial charge in [0.2, 0.25) is 0 Å². The van der Waals surface area contributed by atoms with E-state index in [0.717, 1.165) is 5.56 Å². The van der Waals surface area contributed by atoms with Gasteiger partial charge in [0.05, 0.1) is 24.3 Å². The summed E-state index contributed by atoms with van der Waals surface area (Å²) < 4.78 is 13.7. The van der Waals surface area contributed by atoms with Crippen molar-refractivity contribution in [3.8, 4) is 6.07 Å². The highest BCUT2D eigenvalue weighted by Crippen LogP contribution is 2.14. The van der Waals surface area contributed by atoms with E-state index < -0.39 is 5.82 Å². The fraction of sp³-hybridized carbons (Fsp3) is 0.188. The number of rotatable bonds is 5. The number of nitrogens with zero attached hydrogens (tertiary/aromatic N) is 1. The summed E-state index contributed by atoms with van der Waals surface area (Å²) in [5.74, 6) is -0.415. The highest BCUT2D eigenvalue weighted by atomic mass is 19.1. The van der Waals surface area contributed by atoms with E-state index in [0.29, 0.717) is 11.1 Å². The average Bonchev–Trinajstić information content (AvgIpc) is 2.50. The maximum Gasteiger partial charge on any atom is 0.129 e. The van der Waals surface area contributed by atoms with Gasteiger partial charge in [-0.15, -0.1) is 0 Å². The molecule has 0 heterocycles. The molecule has 0 spiro atoms. The van der Waals surface area contributed by atoms with Crippen LogP contribution in [0.2, 0.25) is 0 Å². The maximum atomic E-state index is 13.7. The number of hydrogen-bond acceptors (Lipinski definition) is 3. The van der Waals surface area contributed by atoms with Crippen molar-refractivity contribution in [2.24, 2.45) is 0 Å². The van der Waals surface area contributed by atoms with Crippen LogP contribution in [-0.2, 0) is 6.54 Å². The van der Waals surface area contributed by atoms with Crippen LogP contribution in [0, 0.1) is 17.1 Å². The van der Waals surface area contributed by atoms with Crippen LogP contribution < -0.4 is 5.32 Å². The molecule has 2 rings (SSSR count). The van der Waals surface area contributed by atoms with E-state index >= 15 is 0 Å². The molecule has 2 aromatic rings. The molecule has 0 radical (unpaired) electrons. The number of nitriles is 1. The molecule has 2 N–H and O–H groups in total. The molecule has 4 heteroatoms. The highest BCUT2D eigenvalue weighted by molar-refractivity contribution is 5.33. The van der Waals surface area contributed by atoms with E-state index in [1.54, 1.807) is 12.1 Å². The van der Waals surface area contributed by atoms with Gasteiger partial charge < -0.3 is 10.4 Å². The average molecular weight is 270 g/mol. The SMILES string of the molecule is N#Cc1ccc(CNC(CO)c2ccccc2)c(F)c1. The molecule has 0 bridgehead atoms. The van der Waals surface area contributed by atoms with Crippen molar-refractivity contribution in [3.63, 3.8) is 0 Å². The van der Waals surface area contributed by atoms with Crippen LogP contribution in [0.3, 0.4) is 0 Å². The summed E-state index contributed by atoms with van der Waals surface area (Å²) in [5.41, 5.74) is 1.72. The third kappa shape index (κ3) is 3.41. The second-order valence-electron chi connectivity index (χ2n) is 4.44. The Bertz CT molecular complexity index is 608. The van der Waals surface area contributed by atoms with Gasteiger partial charge in [-0.3, -0.25) is 0 Å². The zero-order valence-corrected chi connectivity index (χ0v) is 10.9. The molecule has 0 aliphatic rings. The van der Waals surface area contributed by atoms with Gasteiger partial charge >= 0.3 is 0 Å². The summed E-state index contributed by atoms with van der Waals surface area (Å²) in [6, 6.07) is 15.5. The molecule has 1 unspecified atom stereocenters. The van der Waals surface area contributed by atoms with E-state index in [1.165, 1.54) is 6.07 Å². The van der Waals surface area contributed by atoms with Gasteiger partial charge in [0.25, 0.3) is 0 Å². The minimum Gasteiger partial charge on any atom is -0.394 e. The molecule has 20 heavy (non-hydrogen) atoms. The monoisotopic (exact) mass is 270 g/mol. The smallest absolute Gasteiger partial charge is 0.129 e. The molecular weight excluding hydrogens is 255 g/mol. The molecule has 0 saturated heterocycles. The van der Waals surface area contributed by atoms with E-state index in [-0.39, 0.29) is 19.2 Å². The molecule has 1 atom stereocenters. The maximum absolute atomic E-state index is 13.7. The Labute approximate surface area is 117 Å². The van der Waals surface area contributed by atoms with Crippen LogP contribution in [-0.4, -0.2) is 11.7 Å². The van der Waals surface area contributed by atoms with Crippen molar-refractivity contribution in [1.82, 2.24) is 5.32 Å². The number of hydrogen-bond donors (Lipinski definition) is 2. The predicted molar refractivity (Wildman–Crippen MR) is 74.2 cm³/mol. The predicted octanol–water partition coefficient (Wildman–Crippen LogP) is 2.52. The quantitative estimate of drug-likeness (QED) is 0.877. The zero-order chi connectivity index (χ0) is 14.4. The molecule has 0 saturated carbocycles. The van der Waals surface area contributed by atoms with Crippen LogP contribution in [0.15, 0.2) is 48.5 Å². The largest absolute Gasteiger partial charge is 0.394 e. The van der Waals surface area contributed by atoms with Crippen molar-refractivity contribution < 1.29 is 9.50 Å². The molecule has 2 aromatic carbocycles. The van der Waals surface area contributed by atoms with Gasteiger partial charge in [0.1, 0.15) is 5.82 Å². The minimum atomic E-state index is -0.415. The van der Waals surface area contributed by atoms with Gasteiger partial charge in [-0.05, 0) is 17.7 Å². The van der Waals surface area contributed by atoms with Crippen LogP contribution >= 0.6 is 0 Å². The molecule has 0 fully saturated rings. The Morgan fingerprint density at radius 3 is 2.55 bits per heavy atom. The number of halogens is 1. The lowest BCUT2D eigenvalue weighted by Crippen LogP contribution is -2.24. The van der Waals surface area contributed by atoms with Crippen molar-refractivity contribution >= 4 is 0 Å². The van der Waals surface area contributed by atoms with Crippen LogP contribution in [0.1, 0.15) is 22.7 Å². The summed E-state index contributed by atoms with van der Waals surface area (Å²) in [7, 11) is 0. The Morgan fingerprint density at radius 1 is 1.20 bits per heavy atom. The van der Waals surface area contributed by atoms with Crippen molar-refractivity contribution in [3.05, 3.63) is 71.0 Å². The highest BCUT2D eigenvalue weighted by Gasteiger charge is 2.10. The Kier molecular flexibility index (Phi) is 4.83. The Hall–Kier alpha value is -2.22. The van der Waals surface area contributed by atoms with Crippen LogP contribution in [0.25, 0.3) is 0 Å². The van der Waals surface area contributed by atoms with Gasteiger partial charge in [-0.25, -0.2) is 4.39 Å². The lowest BCUT2D eigenvalue weighted by Gasteiger charge is -2.17. The number of benzene rings is 2. The van der Waals surface area contributed by atoms with E-state index in [2.05, 4.69) is 5.32 Å². The lowest BCUT2D eigenvalue weighted by atomic mass is 10.1. The number of nitrogens with one attached hydrogen (secondary N) is 1. The Balaban J connectivity index is 2.06. The van der Waals surface area contributed by atoms with Gasteiger partial charge in [0, 0.05) is 12.1 Å². The number of aliphatic hydroxyl groups excluding tert-OH is 1. The summed E-state index contributed by atoms with van der Waals surface area (Å²) >= 11 is 0. The topological polar surface area (TPSA) is 56.0 Å². The lowest BCUT2D eigenvalue weighted by molar-refractivity contribution is 0.243. The van der Waals surface area contributed by atoms with Crippen molar-refractivity contribution in [2.75, 3.05) is 6.61 Å².